The second-order valence-electron chi connectivity index (χ2n) is 10.3. The topological polar surface area (TPSA) is 90.0 Å². The van der Waals surface area contributed by atoms with Crippen molar-refractivity contribution in [2.75, 3.05) is 56.5 Å². The second kappa shape index (κ2) is 11.6. The van der Waals surface area contributed by atoms with E-state index in [1.807, 2.05) is 0 Å². The standard InChI is InChI=1S/C25H38N4O4S2/c1-19-13-20(2)16-27(15-19)10-6-9-26-24(30)17-29-22-14-21(7-8-23(22)34-18-25(29)31)35(32,33)28-11-4-3-5-12-28/h7-8,14,19-20H,3-6,9-13,15-18H2,1-2H3,(H,26,30)/t19-,20-/m1/s1. The first kappa shape index (κ1) is 26.4. The average Bonchev–Trinajstić information content (AvgIpc) is 2.83. The van der Waals surface area contributed by atoms with Gasteiger partial charge in [-0.3, -0.25) is 9.59 Å². The van der Waals surface area contributed by atoms with E-state index in [2.05, 4.69) is 24.1 Å². The molecule has 2 atom stereocenters. The van der Waals surface area contributed by atoms with Crippen molar-refractivity contribution in [3.63, 3.8) is 0 Å². The molecule has 0 spiro atoms. The minimum Gasteiger partial charge on any atom is -0.355 e. The number of hydrogen-bond acceptors (Lipinski definition) is 6. The normalized spacial score (nSPS) is 24.3. The Morgan fingerprint density at radius 1 is 1.11 bits per heavy atom. The van der Waals surface area contributed by atoms with Crippen LogP contribution in [-0.2, 0) is 19.6 Å². The van der Waals surface area contributed by atoms with Gasteiger partial charge >= 0.3 is 0 Å². The summed E-state index contributed by atoms with van der Waals surface area (Å²) in [5.41, 5.74) is 0.510. The second-order valence-corrected chi connectivity index (χ2v) is 13.2. The molecule has 2 amide bonds. The highest BCUT2D eigenvalue weighted by molar-refractivity contribution is 8.00. The van der Waals surface area contributed by atoms with Crippen molar-refractivity contribution in [3.05, 3.63) is 18.2 Å². The van der Waals surface area contributed by atoms with Crippen LogP contribution in [0.5, 0.6) is 0 Å². The van der Waals surface area contributed by atoms with E-state index in [1.54, 1.807) is 18.2 Å². The lowest BCUT2D eigenvalue weighted by molar-refractivity contribution is -0.123. The Labute approximate surface area is 213 Å². The molecule has 10 heteroatoms. The minimum absolute atomic E-state index is 0.0998. The van der Waals surface area contributed by atoms with Crippen LogP contribution in [0, 0.1) is 11.8 Å². The number of likely N-dealkylation sites (tertiary alicyclic amines) is 1. The van der Waals surface area contributed by atoms with Gasteiger partial charge in [-0.15, -0.1) is 11.8 Å². The predicted molar refractivity (Wildman–Crippen MR) is 139 cm³/mol. The lowest BCUT2D eigenvalue weighted by atomic mass is 9.92. The van der Waals surface area contributed by atoms with Crippen molar-refractivity contribution >= 4 is 39.3 Å². The molecule has 0 bridgehead atoms. The van der Waals surface area contributed by atoms with Crippen LogP contribution in [0.3, 0.4) is 0 Å². The maximum atomic E-state index is 13.2. The summed E-state index contributed by atoms with van der Waals surface area (Å²) in [5.74, 6) is 1.26. The Kier molecular flexibility index (Phi) is 8.78. The van der Waals surface area contributed by atoms with Crippen molar-refractivity contribution in [2.24, 2.45) is 11.8 Å². The number of anilines is 1. The summed E-state index contributed by atoms with van der Waals surface area (Å²) >= 11 is 1.38. The quantitative estimate of drug-likeness (QED) is 0.528. The summed E-state index contributed by atoms with van der Waals surface area (Å²) in [5, 5.41) is 2.95. The number of amides is 2. The number of piperidine rings is 2. The van der Waals surface area contributed by atoms with Crippen molar-refractivity contribution in [1.82, 2.24) is 14.5 Å². The van der Waals surface area contributed by atoms with Gasteiger partial charge in [-0.1, -0.05) is 20.3 Å². The maximum absolute atomic E-state index is 13.2. The summed E-state index contributed by atoms with van der Waals surface area (Å²) in [6.07, 6.45) is 4.91. The van der Waals surface area contributed by atoms with Crippen molar-refractivity contribution < 1.29 is 18.0 Å². The van der Waals surface area contributed by atoms with Crippen LogP contribution in [0.4, 0.5) is 5.69 Å². The summed E-state index contributed by atoms with van der Waals surface area (Å²) in [6.45, 7) is 9.26. The van der Waals surface area contributed by atoms with E-state index in [-0.39, 0.29) is 29.0 Å². The predicted octanol–water partition coefficient (Wildman–Crippen LogP) is 2.78. The SMILES string of the molecule is C[C@@H]1C[C@@H](C)CN(CCCNC(=O)CN2C(=O)CSc3ccc(S(=O)(=O)N4CCCCC4)cc32)C1. The number of sulfonamides is 1. The highest BCUT2D eigenvalue weighted by Crippen LogP contribution is 2.37. The molecular weight excluding hydrogens is 484 g/mol. The van der Waals surface area contributed by atoms with E-state index in [4.69, 9.17) is 0 Å². The Morgan fingerprint density at radius 3 is 2.54 bits per heavy atom. The van der Waals surface area contributed by atoms with Gasteiger partial charge in [-0.2, -0.15) is 4.31 Å². The van der Waals surface area contributed by atoms with Crippen LogP contribution in [0.1, 0.15) is 46.0 Å². The molecule has 0 saturated carbocycles. The number of thioether (sulfide) groups is 1. The number of rotatable bonds is 8. The molecule has 194 valence electrons. The summed E-state index contributed by atoms with van der Waals surface area (Å²) in [7, 11) is -3.62. The van der Waals surface area contributed by atoms with E-state index in [1.165, 1.54) is 27.4 Å². The number of hydrogen-bond donors (Lipinski definition) is 1. The van der Waals surface area contributed by atoms with Crippen molar-refractivity contribution in [2.45, 2.75) is 55.7 Å². The van der Waals surface area contributed by atoms with Crippen molar-refractivity contribution in [3.8, 4) is 0 Å². The number of nitrogens with one attached hydrogen (secondary N) is 1. The zero-order valence-corrected chi connectivity index (χ0v) is 22.5. The molecule has 3 heterocycles. The third-order valence-electron chi connectivity index (χ3n) is 7.05. The first-order valence-electron chi connectivity index (χ1n) is 12.8. The minimum atomic E-state index is -3.62. The van der Waals surface area contributed by atoms with Crippen LogP contribution < -0.4 is 10.2 Å². The molecule has 0 unspecified atom stereocenters. The average molecular weight is 523 g/mol. The fourth-order valence-electron chi connectivity index (χ4n) is 5.47. The van der Waals surface area contributed by atoms with Gasteiger partial charge in [-0.05, 0) is 62.3 Å². The fraction of sp³-hybridized carbons (Fsp3) is 0.680. The highest BCUT2D eigenvalue weighted by atomic mass is 32.2. The van der Waals surface area contributed by atoms with E-state index < -0.39 is 10.0 Å². The number of carbonyl (C=O) groups excluding carboxylic acids is 2. The molecule has 2 saturated heterocycles. The van der Waals surface area contributed by atoms with Gasteiger partial charge in [0.2, 0.25) is 21.8 Å². The number of benzene rings is 1. The molecule has 0 aliphatic carbocycles. The monoisotopic (exact) mass is 522 g/mol. The first-order chi connectivity index (χ1) is 16.7. The molecule has 0 radical (unpaired) electrons. The molecule has 0 aromatic heterocycles. The fourth-order valence-corrected chi connectivity index (χ4v) is 7.93. The molecular formula is C25H38N4O4S2. The van der Waals surface area contributed by atoms with Gasteiger partial charge in [0.05, 0.1) is 16.3 Å². The molecule has 3 aliphatic rings. The number of fused-ring (bicyclic) bond motifs is 1. The Morgan fingerprint density at radius 2 is 1.83 bits per heavy atom. The number of carbonyl (C=O) groups is 2. The molecule has 35 heavy (non-hydrogen) atoms. The Bertz CT molecular complexity index is 1020. The van der Waals surface area contributed by atoms with E-state index in [9.17, 15) is 18.0 Å². The largest absolute Gasteiger partial charge is 0.355 e. The Balaban J connectivity index is 1.36. The third kappa shape index (κ3) is 6.58. The smallest absolute Gasteiger partial charge is 0.243 e. The van der Waals surface area contributed by atoms with Crippen LogP contribution in [0.25, 0.3) is 0 Å². The van der Waals surface area contributed by atoms with Gasteiger partial charge in [0.1, 0.15) is 6.54 Å². The maximum Gasteiger partial charge on any atom is 0.243 e. The molecule has 1 aromatic carbocycles. The van der Waals surface area contributed by atoms with Crippen LogP contribution in [0.15, 0.2) is 28.0 Å². The van der Waals surface area contributed by atoms with E-state index in [0.29, 0.717) is 37.2 Å². The lowest BCUT2D eigenvalue weighted by Crippen LogP contribution is -2.44. The Hall–Kier alpha value is -1.62. The van der Waals surface area contributed by atoms with Gasteiger partial charge in [0.15, 0.2) is 0 Å². The third-order valence-corrected chi connectivity index (χ3v) is 9.99. The summed E-state index contributed by atoms with van der Waals surface area (Å²) < 4.78 is 27.8. The van der Waals surface area contributed by atoms with Crippen molar-refractivity contribution in [1.29, 1.82) is 0 Å². The molecule has 1 aromatic rings. The zero-order chi connectivity index (χ0) is 25.0. The summed E-state index contributed by atoms with van der Waals surface area (Å²) in [4.78, 5) is 30.3. The van der Waals surface area contributed by atoms with Gasteiger partial charge in [-0.25, -0.2) is 8.42 Å². The highest BCUT2D eigenvalue weighted by Gasteiger charge is 2.31. The van der Waals surface area contributed by atoms with Crippen LogP contribution >= 0.6 is 11.8 Å². The lowest BCUT2D eigenvalue weighted by Gasteiger charge is -2.35. The van der Waals surface area contributed by atoms with Crippen LogP contribution in [0.2, 0.25) is 0 Å². The van der Waals surface area contributed by atoms with Crippen LogP contribution in [-0.4, -0.2) is 81.0 Å². The molecule has 3 aliphatic heterocycles. The zero-order valence-electron chi connectivity index (χ0n) is 20.9. The molecule has 8 nitrogen and oxygen atoms in total. The first-order valence-corrected chi connectivity index (χ1v) is 15.2. The van der Waals surface area contributed by atoms with Gasteiger partial charge in [0.25, 0.3) is 0 Å². The molecule has 2 fully saturated rings. The summed E-state index contributed by atoms with van der Waals surface area (Å²) in [6, 6.07) is 4.94. The molecule has 4 rings (SSSR count). The van der Waals surface area contributed by atoms with Gasteiger partial charge in [0, 0.05) is 37.6 Å². The van der Waals surface area contributed by atoms with E-state index in [0.717, 1.165) is 50.2 Å². The van der Waals surface area contributed by atoms with Gasteiger partial charge < -0.3 is 15.1 Å². The van der Waals surface area contributed by atoms with E-state index >= 15 is 0 Å². The molecule has 1 N–H and O–H groups in total. The number of nitrogens with zero attached hydrogens (tertiary/aromatic N) is 3.